The van der Waals surface area contributed by atoms with Crippen molar-refractivity contribution in [3.63, 3.8) is 0 Å². The standard InChI is InChI=1S/C22H30BBrO4S/c1-14-20(24)12-17(29-14)11-16(25)8-9-18-15(13-23)10-21(26)19(18)6-4-2-3-5-7-22(27)28/h2,4,8-9,12,15-16,18-19,21,25-26H,3,5-7,10-11,13H2,1H3,(H,27,28)/b4-2-,9-8+/t15-,16+,18-,19+,21?/m0/s1. The van der Waals surface area contributed by atoms with Crippen LogP contribution in [-0.2, 0) is 11.2 Å². The van der Waals surface area contributed by atoms with E-state index >= 15 is 0 Å². The number of rotatable bonds is 11. The second-order valence-corrected chi connectivity index (χ2v) is 10.0. The third-order valence-electron chi connectivity index (χ3n) is 5.59. The third kappa shape index (κ3) is 7.70. The van der Waals surface area contributed by atoms with Gasteiger partial charge in [0, 0.05) is 27.1 Å². The molecule has 158 valence electrons. The van der Waals surface area contributed by atoms with E-state index in [0.717, 1.165) is 22.2 Å². The first-order valence-electron chi connectivity index (χ1n) is 10.2. The van der Waals surface area contributed by atoms with E-state index in [1.807, 2.05) is 31.2 Å². The monoisotopic (exact) mass is 480 g/mol. The van der Waals surface area contributed by atoms with Crippen molar-refractivity contribution >= 4 is 41.1 Å². The Morgan fingerprint density at radius 1 is 1.45 bits per heavy atom. The van der Waals surface area contributed by atoms with Gasteiger partial charge in [-0.15, -0.1) is 11.3 Å². The van der Waals surface area contributed by atoms with E-state index in [-0.39, 0.29) is 24.2 Å². The molecule has 7 heteroatoms. The molecule has 0 spiro atoms. The molecule has 1 heterocycles. The van der Waals surface area contributed by atoms with Crippen LogP contribution in [0, 0.1) is 24.7 Å². The lowest BCUT2D eigenvalue weighted by Crippen LogP contribution is -2.19. The van der Waals surface area contributed by atoms with E-state index in [2.05, 4.69) is 22.0 Å². The van der Waals surface area contributed by atoms with E-state index < -0.39 is 18.2 Å². The minimum absolute atomic E-state index is 0.0702. The first kappa shape index (κ1) is 24.4. The summed E-state index contributed by atoms with van der Waals surface area (Å²) in [5.41, 5.74) is 0. The predicted octanol–water partition coefficient (Wildman–Crippen LogP) is 4.68. The summed E-state index contributed by atoms with van der Waals surface area (Å²) < 4.78 is 1.07. The van der Waals surface area contributed by atoms with Crippen LogP contribution in [0.4, 0.5) is 0 Å². The molecule has 3 N–H and O–H groups in total. The molecular weight excluding hydrogens is 451 g/mol. The first-order chi connectivity index (χ1) is 13.8. The van der Waals surface area contributed by atoms with Crippen molar-refractivity contribution in [1.82, 2.24) is 0 Å². The van der Waals surface area contributed by atoms with Crippen LogP contribution in [0.3, 0.4) is 0 Å². The van der Waals surface area contributed by atoms with Crippen molar-refractivity contribution in [2.75, 3.05) is 0 Å². The maximum atomic E-state index is 10.6. The fourth-order valence-electron chi connectivity index (χ4n) is 4.01. The van der Waals surface area contributed by atoms with E-state index in [9.17, 15) is 15.0 Å². The molecule has 5 atom stereocenters. The van der Waals surface area contributed by atoms with Crippen molar-refractivity contribution in [3.8, 4) is 0 Å². The molecular formula is C22H30BBrO4S. The number of halogens is 1. The number of aliphatic hydroxyl groups excluding tert-OH is 2. The highest BCUT2D eigenvalue weighted by Crippen LogP contribution is 2.42. The zero-order valence-electron chi connectivity index (χ0n) is 16.8. The average molecular weight is 481 g/mol. The van der Waals surface area contributed by atoms with Crippen molar-refractivity contribution < 1.29 is 20.1 Å². The number of carboxylic acids is 1. The second kappa shape index (κ2) is 12.1. The molecule has 1 aliphatic rings. The van der Waals surface area contributed by atoms with Gasteiger partial charge in [-0.1, -0.05) is 30.6 Å². The van der Waals surface area contributed by atoms with E-state index in [0.29, 0.717) is 25.6 Å². The Labute approximate surface area is 187 Å². The Bertz CT molecular complexity index is 698. The number of aliphatic hydroxyl groups is 2. The lowest BCUT2D eigenvalue weighted by atomic mass is 9.80. The van der Waals surface area contributed by atoms with E-state index in [1.165, 1.54) is 4.88 Å². The van der Waals surface area contributed by atoms with Gasteiger partial charge in [0.1, 0.15) is 0 Å². The maximum Gasteiger partial charge on any atom is 0.303 e. The number of aryl methyl sites for hydroxylation is 1. The van der Waals surface area contributed by atoms with Gasteiger partial charge in [-0.2, -0.15) is 0 Å². The Morgan fingerprint density at radius 3 is 2.83 bits per heavy atom. The number of allylic oxidation sites excluding steroid dienone is 3. The number of hydrogen-bond donors (Lipinski definition) is 3. The number of carboxylic acid groups (broad SMARTS) is 1. The summed E-state index contributed by atoms with van der Waals surface area (Å²) in [6, 6.07) is 2.05. The molecule has 29 heavy (non-hydrogen) atoms. The maximum absolute atomic E-state index is 10.6. The highest BCUT2D eigenvalue weighted by atomic mass is 79.9. The van der Waals surface area contributed by atoms with Crippen LogP contribution in [0.25, 0.3) is 0 Å². The molecule has 2 rings (SSSR count). The lowest BCUT2D eigenvalue weighted by Gasteiger charge is -2.21. The molecule has 1 aromatic rings. The number of unbranched alkanes of at least 4 members (excludes halogenated alkanes) is 1. The molecule has 0 amide bonds. The normalized spacial score (nSPS) is 25.9. The summed E-state index contributed by atoms with van der Waals surface area (Å²) in [5, 5.41) is 29.6. The van der Waals surface area contributed by atoms with Crippen LogP contribution in [0.2, 0.25) is 6.32 Å². The van der Waals surface area contributed by atoms with Gasteiger partial charge >= 0.3 is 5.97 Å². The van der Waals surface area contributed by atoms with Gasteiger partial charge in [-0.25, -0.2) is 0 Å². The minimum Gasteiger partial charge on any atom is -0.481 e. The fourth-order valence-corrected chi connectivity index (χ4v) is 5.66. The highest BCUT2D eigenvalue weighted by molar-refractivity contribution is 9.10. The number of hydrogen-bond acceptors (Lipinski definition) is 4. The largest absolute Gasteiger partial charge is 0.481 e. The topological polar surface area (TPSA) is 77.8 Å². The summed E-state index contributed by atoms with van der Waals surface area (Å²) in [6.07, 6.45) is 11.0. The molecule has 4 nitrogen and oxygen atoms in total. The molecule has 1 aliphatic carbocycles. The van der Waals surface area contributed by atoms with Gasteiger partial charge in [0.2, 0.25) is 0 Å². The molecule has 0 bridgehead atoms. The number of carbonyl (C=O) groups is 1. The summed E-state index contributed by atoms with van der Waals surface area (Å²) in [7, 11) is 5.94. The molecule has 0 aromatic carbocycles. The van der Waals surface area contributed by atoms with E-state index in [4.69, 9.17) is 13.0 Å². The Balaban J connectivity index is 1.93. The molecule has 0 aliphatic heterocycles. The number of thiophene rings is 1. The highest BCUT2D eigenvalue weighted by Gasteiger charge is 2.39. The second-order valence-electron chi connectivity index (χ2n) is 7.81. The van der Waals surface area contributed by atoms with Crippen molar-refractivity contribution in [1.29, 1.82) is 0 Å². The zero-order valence-corrected chi connectivity index (χ0v) is 19.2. The van der Waals surface area contributed by atoms with Crippen LogP contribution in [0.1, 0.15) is 41.9 Å². The Kier molecular flexibility index (Phi) is 10.2. The van der Waals surface area contributed by atoms with Gasteiger partial charge in [0.25, 0.3) is 0 Å². The molecule has 1 fully saturated rings. The first-order valence-corrected chi connectivity index (χ1v) is 11.8. The minimum atomic E-state index is -0.774. The Hall–Kier alpha value is -0.885. The van der Waals surface area contributed by atoms with Gasteiger partial charge < -0.3 is 15.3 Å². The SMILES string of the molecule is [B]C[C@@H]1CC(O)[C@H](C/C=C\CCCC(=O)O)[C@H]1/C=C/[C@@H](O)Cc1cc(Br)c(C)s1. The van der Waals surface area contributed by atoms with Crippen LogP contribution in [0.15, 0.2) is 34.8 Å². The summed E-state index contributed by atoms with van der Waals surface area (Å²) in [6.45, 7) is 2.05. The van der Waals surface area contributed by atoms with Crippen LogP contribution < -0.4 is 0 Å². The lowest BCUT2D eigenvalue weighted by molar-refractivity contribution is -0.137. The fraction of sp³-hybridized carbons (Fsp3) is 0.591. The quantitative estimate of drug-likeness (QED) is 0.244. The van der Waals surface area contributed by atoms with Gasteiger partial charge in [0.05, 0.1) is 20.1 Å². The van der Waals surface area contributed by atoms with Gasteiger partial charge in [-0.05, 0) is 72.4 Å². The molecule has 1 aromatic heterocycles. The number of aliphatic carboxylic acids is 1. The molecule has 2 radical (unpaired) electrons. The van der Waals surface area contributed by atoms with Crippen LogP contribution in [-0.4, -0.2) is 41.3 Å². The molecule has 1 unspecified atom stereocenters. The van der Waals surface area contributed by atoms with Crippen LogP contribution in [0.5, 0.6) is 0 Å². The average Bonchev–Trinajstić information content (AvgIpc) is 3.14. The predicted molar refractivity (Wildman–Crippen MR) is 123 cm³/mol. The summed E-state index contributed by atoms with van der Waals surface area (Å²) >= 11 is 5.19. The van der Waals surface area contributed by atoms with Crippen LogP contribution >= 0.6 is 27.3 Å². The van der Waals surface area contributed by atoms with E-state index in [1.54, 1.807) is 11.3 Å². The smallest absolute Gasteiger partial charge is 0.303 e. The Morgan fingerprint density at radius 2 is 2.21 bits per heavy atom. The molecule has 0 saturated heterocycles. The van der Waals surface area contributed by atoms with Gasteiger partial charge in [-0.3, -0.25) is 4.79 Å². The van der Waals surface area contributed by atoms with Gasteiger partial charge in [0.15, 0.2) is 0 Å². The van der Waals surface area contributed by atoms with Crippen molar-refractivity contribution in [2.45, 2.75) is 64.0 Å². The summed E-state index contributed by atoms with van der Waals surface area (Å²) in [4.78, 5) is 12.9. The zero-order chi connectivity index (χ0) is 21.4. The summed E-state index contributed by atoms with van der Waals surface area (Å²) in [5.74, 6) is -0.368. The molecule has 1 saturated carbocycles. The van der Waals surface area contributed by atoms with Crippen molar-refractivity contribution in [3.05, 3.63) is 44.6 Å². The third-order valence-corrected chi connectivity index (χ3v) is 7.75. The van der Waals surface area contributed by atoms with Crippen molar-refractivity contribution in [2.24, 2.45) is 17.8 Å².